The minimum absolute atomic E-state index is 0.411. The van der Waals surface area contributed by atoms with Gasteiger partial charge in [-0.3, -0.25) is 0 Å². The molecule has 0 atom stereocenters. The van der Waals surface area contributed by atoms with Crippen LogP contribution in [-0.2, 0) is 4.74 Å². The first kappa shape index (κ1) is 7.38. The lowest BCUT2D eigenvalue weighted by Gasteiger charge is -1.96. The summed E-state index contributed by atoms with van der Waals surface area (Å²) in [6.45, 7) is 2.11. The van der Waals surface area contributed by atoms with Crippen molar-refractivity contribution in [1.29, 1.82) is 5.26 Å². The highest BCUT2D eigenvalue weighted by Gasteiger charge is 1.84. The summed E-state index contributed by atoms with van der Waals surface area (Å²) >= 11 is 4.58. The van der Waals surface area contributed by atoms with Gasteiger partial charge in [0.1, 0.15) is 6.61 Å². The Labute approximate surface area is 54.1 Å². The van der Waals surface area contributed by atoms with Crippen LogP contribution < -0.4 is 0 Å². The van der Waals surface area contributed by atoms with Crippen molar-refractivity contribution in [2.45, 2.75) is 13.3 Å². The molecule has 0 saturated carbocycles. The summed E-state index contributed by atoms with van der Waals surface area (Å²) in [5, 5.41) is 8.51. The molecule has 0 N–H and O–H groups in total. The molecule has 0 amide bonds. The van der Waals surface area contributed by atoms with Crippen LogP contribution in [0.4, 0.5) is 0 Å². The molecule has 0 rings (SSSR count). The van der Waals surface area contributed by atoms with E-state index >= 15 is 0 Å². The molecular formula is C5H7NOS. The van der Waals surface area contributed by atoms with E-state index in [1.54, 1.807) is 6.92 Å². The Morgan fingerprint density at radius 3 is 2.88 bits per heavy atom. The van der Waals surface area contributed by atoms with E-state index < -0.39 is 0 Å². The van der Waals surface area contributed by atoms with E-state index in [1.807, 2.05) is 6.07 Å². The molecule has 0 aliphatic carbocycles. The van der Waals surface area contributed by atoms with Crippen molar-refractivity contribution in [1.82, 2.24) is 0 Å². The zero-order chi connectivity index (χ0) is 6.41. The van der Waals surface area contributed by atoms with Crippen LogP contribution >= 0.6 is 12.2 Å². The van der Waals surface area contributed by atoms with Crippen LogP contribution in [0.25, 0.3) is 0 Å². The minimum atomic E-state index is 0.411. The molecule has 0 aliphatic heterocycles. The SMILES string of the molecule is CC(=S)OCCC#N. The lowest BCUT2D eigenvalue weighted by Crippen LogP contribution is -1.96. The fourth-order valence-electron chi connectivity index (χ4n) is 0.240. The summed E-state index contributed by atoms with van der Waals surface area (Å²) in [7, 11) is 0. The van der Waals surface area contributed by atoms with Gasteiger partial charge >= 0.3 is 0 Å². The predicted molar refractivity (Wildman–Crippen MR) is 34.5 cm³/mol. The van der Waals surface area contributed by atoms with E-state index in [1.165, 1.54) is 0 Å². The van der Waals surface area contributed by atoms with Crippen LogP contribution in [0.2, 0.25) is 0 Å². The van der Waals surface area contributed by atoms with Gasteiger partial charge in [0.2, 0.25) is 0 Å². The normalized spacial score (nSPS) is 7.50. The first-order valence-corrected chi connectivity index (χ1v) is 2.68. The van der Waals surface area contributed by atoms with Crippen molar-refractivity contribution in [3.63, 3.8) is 0 Å². The molecule has 0 aliphatic rings. The van der Waals surface area contributed by atoms with Crippen molar-refractivity contribution < 1.29 is 4.74 Å². The Morgan fingerprint density at radius 1 is 1.88 bits per heavy atom. The standard InChI is InChI=1S/C5H7NOS/c1-5(8)7-4-2-3-6/h2,4H2,1H3. The minimum Gasteiger partial charge on any atom is -0.486 e. The van der Waals surface area contributed by atoms with Crippen molar-refractivity contribution in [3.8, 4) is 6.07 Å². The molecule has 0 aromatic heterocycles. The first-order valence-electron chi connectivity index (χ1n) is 2.27. The number of hydrogen-bond donors (Lipinski definition) is 0. The Morgan fingerprint density at radius 2 is 2.50 bits per heavy atom. The number of thiocarbonyl (C=S) groups is 1. The number of nitriles is 1. The predicted octanol–water partition coefficient (Wildman–Crippen LogP) is 1.26. The zero-order valence-electron chi connectivity index (χ0n) is 4.68. The second-order valence-electron chi connectivity index (χ2n) is 1.25. The van der Waals surface area contributed by atoms with Gasteiger partial charge in [0.05, 0.1) is 12.5 Å². The molecule has 0 heterocycles. The molecule has 0 aromatic carbocycles. The van der Waals surface area contributed by atoms with E-state index in [0.717, 1.165) is 0 Å². The lowest BCUT2D eigenvalue weighted by atomic mass is 10.5. The molecule has 0 radical (unpaired) electrons. The fraction of sp³-hybridized carbons (Fsp3) is 0.600. The zero-order valence-corrected chi connectivity index (χ0v) is 5.49. The van der Waals surface area contributed by atoms with Gasteiger partial charge in [-0.1, -0.05) is 0 Å². The second-order valence-corrected chi connectivity index (χ2v) is 1.82. The Kier molecular flexibility index (Phi) is 4.19. The summed E-state index contributed by atoms with van der Waals surface area (Å²) in [6.07, 6.45) is 0.411. The second kappa shape index (κ2) is 4.54. The van der Waals surface area contributed by atoms with E-state index in [4.69, 9.17) is 10.00 Å². The topological polar surface area (TPSA) is 33.0 Å². The first-order chi connectivity index (χ1) is 3.77. The van der Waals surface area contributed by atoms with E-state index in [-0.39, 0.29) is 0 Å². The van der Waals surface area contributed by atoms with Gasteiger partial charge in [0.25, 0.3) is 0 Å². The highest BCUT2D eigenvalue weighted by Crippen LogP contribution is 1.82. The van der Waals surface area contributed by atoms with E-state index in [0.29, 0.717) is 18.1 Å². The van der Waals surface area contributed by atoms with Crippen molar-refractivity contribution in [2.75, 3.05) is 6.61 Å². The number of rotatable bonds is 2. The third-order valence-electron chi connectivity index (χ3n) is 0.519. The van der Waals surface area contributed by atoms with Gasteiger partial charge in [-0.25, -0.2) is 0 Å². The van der Waals surface area contributed by atoms with Gasteiger partial charge in [-0.15, -0.1) is 0 Å². The molecule has 0 fully saturated rings. The van der Waals surface area contributed by atoms with Crippen LogP contribution in [-0.4, -0.2) is 11.7 Å². The van der Waals surface area contributed by atoms with Gasteiger partial charge in [0, 0.05) is 6.92 Å². The Hall–Kier alpha value is -0.620. The van der Waals surface area contributed by atoms with Crippen LogP contribution in [0.1, 0.15) is 13.3 Å². The maximum Gasteiger partial charge on any atom is 0.156 e. The molecule has 8 heavy (non-hydrogen) atoms. The highest BCUT2D eigenvalue weighted by molar-refractivity contribution is 7.80. The molecule has 44 valence electrons. The van der Waals surface area contributed by atoms with E-state index in [2.05, 4.69) is 12.2 Å². The lowest BCUT2D eigenvalue weighted by molar-refractivity contribution is 0.320. The van der Waals surface area contributed by atoms with Crippen LogP contribution in [0.3, 0.4) is 0 Å². The van der Waals surface area contributed by atoms with E-state index in [9.17, 15) is 0 Å². The van der Waals surface area contributed by atoms with Gasteiger partial charge in [-0.05, 0) is 12.2 Å². The Bertz CT molecular complexity index is 116. The molecule has 0 bridgehead atoms. The van der Waals surface area contributed by atoms with Crippen molar-refractivity contribution in [2.24, 2.45) is 0 Å². The quantitative estimate of drug-likeness (QED) is 0.415. The number of ether oxygens (including phenoxy) is 1. The number of hydrogen-bond acceptors (Lipinski definition) is 3. The summed E-state index contributed by atoms with van der Waals surface area (Å²) in [5.74, 6) is 0. The van der Waals surface area contributed by atoms with Crippen LogP contribution in [0.15, 0.2) is 0 Å². The smallest absolute Gasteiger partial charge is 0.156 e. The fourth-order valence-corrected chi connectivity index (χ4v) is 0.324. The maximum absolute atomic E-state index is 8.01. The molecule has 3 heteroatoms. The Balaban J connectivity index is 2.97. The largest absolute Gasteiger partial charge is 0.486 e. The number of nitrogens with zero attached hydrogens (tertiary/aromatic N) is 1. The van der Waals surface area contributed by atoms with Crippen LogP contribution in [0.5, 0.6) is 0 Å². The third-order valence-corrected chi connectivity index (χ3v) is 0.637. The summed E-state index contributed by atoms with van der Waals surface area (Å²) < 4.78 is 4.79. The highest BCUT2D eigenvalue weighted by atomic mass is 32.1. The molecule has 0 aromatic rings. The van der Waals surface area contributed by atoms with Gasteiger partial charge < -0.3 is 4.74 Å². The van der Waals surface area contributed by atoms with Crippen molar-refractivity contribution >= 4 is 17.3 Å². The average Bonchev–Trinajstić information content (AvgIpc) is 1.66. The average molecular weight is 129 g/mol. The summed E-state index contributed by atoms with van der Waals surface area (Å²) in [5.41, 5.74) is 0. The molecular weight excluding hydrogens is 122 g/mol. The van der Waals surface area contributed by atoms with Crippen LogP contribution in [0, 0.1) is 11.3 Å². The molecule has 0 saturated heterocycles. The maximum atomic E-state index is 8.01. The molecule has 2 nitrogen and oxygen atoms in total. The molecule has 0 unspecified atom stereocenters. The monoisotopic (exact) mass is 129 g/mol. The molecule has 0 spiro atoms. The third kappa shape index (κ3) is 5.38. The summed E-state index contributed by atoms with van der Waals surface area (Å²) in [4.78, 5) is 0. The van der Waals surface area contributed by atoms with Gasteiger partial charge in [0.15, 0.2) is 5.05 Å². The van der Waals surface area contributed by atoms with Crippen molar-refractivity contribution in [3.05, 3.63) is 0 Å². The summed E-state index contributed by atoms with van der Waals surface area (Å²) in [6, 6.07) is 1.94. The van der Waals surface area contributed by atoms with Gasteiger partial charge in [-0.2, -0.15) is 5.26 Å².